The summed E-state index contributed by atoms with van der Waals surface area (Å²) in [5, 5.41) is 14.5. The highest BCUT2D eigenvalue weighted by Crippen LogP contribution is 2.36. The fourth-order valence-corrected chi connectivity index (χ4v) is 2.30. The third-order valence-electron chi connectivity index (χ3n) is 3.37. The molecule has 9 nitrogen and oxygen atoms in total. The number of nitrogens with zero attached hydrogens (tertiary/aromatic N) is 4. The fraction of sp³-hybridized carbons (Fsp3) is 0.143. The molecule has 3 rings (SSSR count). The number of alkyl halides is 3. The van der Waals surface area contributed by atoms with Crippen molar-refractivity contribution in [3.63, 3.8) is 0 Å². The topological polar surface area (TPSA) is 128 Å². The molecule has 26 heavy (non-hydrogen) atoms. The zero-order valence-electron chi connectivity index (χ0n) is 12.6. The van der Waals surface area contributed by atoms with E-state index in [0.717, 1.165) is 12.1 Å². The Morgan fingerprint density at radius 3 is 2.58 bits per heavy atom. The zero-order chi connectivity index (χ0) is 18.9. The van der Waals surface area contributed by atoms with E-state index in [4.69, 9.17) is 0 Å². The zero-order valence-corrected chi connectivity index (χ0v) is 12.6. The van der Waals surface area contributed by atoms with E-state index in [1.54, 1.807) is 0 Å². The highest BCUT2D eigenvalue weighted by Gasteiger charge is 2.38. The Morgan fingerprint density at radius 2 is 1.96 bits per heavy atom. The predicted molar refractivity (Wildman–Crippen MR) is 79.1 cm³/mol. The average molecular weight is 367 g/mol. The molecule has 0 saturated heterocycles. The lowest BCUT2D eigenvalue weighted by molar-refractivity contribution is -0.388. The van der Waals surface area contributed by atoms with E-state index in [1.807, 2.05) is 0 Å². The van der Waals surface area contributed by atoms with Crippen molar-refractivity contribution >= 4 is 5.69 Å². The van der Waals surface area contributed by atoms with Gasteiger partial charge >= 0.3 is 11.9 Å². The van der Waals surface area contributed by atoms with Gasteiger partial charge in [0.15, 0.2) is 0 Å². The first-order valence-corrected chi connectivity index (χ1v) is 6.96. The number of aromatic amines is 1. The smallest absolute Gasteiger partial charge is 0.296 e. The predicted octanol–water partition coefficient (Wildman–Crippen LogP) is 2.34. The van der Waals surface area contributed by atoms with E-state index in [1.165, 1.54) is 12.4 Å². The number of H-pyrrole nitrogens is 1. The van der Waals surface area contributed by atoms with Gasteiger partial charge in [-0.15, -0.1) is 0 Å². The minimum atomic E-state index is -4.85. The molecule has 0 bridgehead atoms. The van der Waals surface area contributed by atoms with Gasteiger partial charge in [0, 0.05) is 24.9 Å². The maximum atomic E-state index is 12.9. The Hall–Kier alpha value is -3.57. The first-order valence-electron chi connectivity index (χ1n) is 6.96. The van der Waals surface area contributed by atoms with Crippen LogP contribution in [0.15, 0.2) is 39.9 Å². The summed E-state index contributed by atoms with van der Waals surface area (Å²) in [4.78, 5) is 31.3. The Labute approximate surface area is 141 Å². The molecule has 2 aromatic heterocycles. The number of benzene rings is 1. The monoisotopic (exact) mass is 367 g/mol. The van der Waals surface area contributed by atoms with Gasteiger partial charge in [-0.3, -0.25) is 24.6 Å². The number of nitrogens with one attached hydrogen (secondary N) is 1. The average Bonchev–Trinajstić information content (AvgIpc) is 3.00. The van der Waals surface area contributed by atoms with Gasteiger partial charge in [-0.2, -0.15) is 13.2 Å². The van der Waals surface area contributed by atoms with Crippen molar-refractivity contribution in [3.05, 3.63) is 68.1 Å². The van der Waals surface area contributed by atoms with Crippen LogP contribution >= 0.6 is 0 Å². The first-order chi connectivity index (χ1) is 12.3. The molecule has 0 aliphatic carbocycles. The molecule has 2 heterocycles. The number of nitro groups is 1. The summed E-state index contributed by atoms with van der Waals surface area (Å²) in [6.45, 7) is 0. The standard InChI is InChI=1S/C14H8F3N5O4/c15-14(16,17)8-2-1-7(6-10(8)22(24)25)5-9-11(19-4-3-18-9)12-20-13(23)26-21-12/h1-4,6H,5H2,(H,20,21,23). The molecule has 1 N–H and O–H groups in total. The molecule has 0 fully saturated rings. The summed E-state index contributed by atoms with van der Waals surface area (Å²) < 4.78 is 43.0. The van der Waals surface area contributed by atoms with E-state index in [2.05, 4.69) is 24.6 Å². The Balaban J connectivity index is 2.02. The van der Waals surface area contributed by atoms with Gasteiger partial charge in [-0.05, 0) is 11.6 Å². The van der Waals surface area contributed by atoms with Gasteiger partial charge in [0.05, 0.1) is 10.6 Å². The highest BCUT2D eigenvalue weighted by molar-refractivity contribution is 5.53. The van der Waals surface area contributed by atoms with Gasteiger partial charge in [0.25, 0.3) is 5.69 Å². The normalized spacial score (nSPS) is 11.5. The fourth-order valence-electron chi connectivity index (χ4n) is 2.30. The maximum Gasteiger partial charge on any atom is 0.439 e. The van der Waals surface area contributed by atoms with Crippen molar-refractivity contribution in [1.29, 1.82) is 0 Å². The number of hydrogen-bond acceptors (Lipinski definition) is 7. The van der Waals surface area contributed by atoms with E-state index in [9.17, 15) is 28.1 Å². The van der Waals surface area contributed by atoms with E-state index < -0.39 is 28.1 Å². The molecule has 0 unspecified atom stereocenters. The molecule has 12 heteroatoms. The molecular weight excluding hydrogens is 359 g/mol. The Kier molecular flexibility index (Phi) is 4.24. The quantitative estimate of drug-likeness (QED) is 0.553. The largest absolute Gasteiger partial charge is 0.439 e. The molecule has 3 aromatic rings. The molecule has 0 spiro atoms. The van der Waals surface area contributed by atoms with E-state index in [-0.39, 0.29) is 29.2 Å². The summed E-state index contributed by atoms with van der Waals surface area (Å²) in [7, 11) is 0. The molecule has 1 aromatic carbocycles. The number of rotatable bonds is 4. The third-order valence-corrected chi connectivity index (χ3v) is 3.37. The van der Waals surface area contributed by atoms with Crippen molar-refractivity contribution in [2.45, 2.75) is 12.6 Å². The highest BCUT2D eigenvalue weighted by atomic mass is 19.4. The van der Waals surface area contributed by atoms with Crippen LogP contribution < -0.4 is 5.76 Å². The summed E-state index contributed by atoms with van der Waals surface area (Å²) >= 11 is 0. The molecular formula is C14H8F3N5O4. The van der Waals surface area contributed by atoms with Crippen LogP contribution in [0.1, 0.15) is 16.8 Å². The minimum absolute atomic E-state index is 0.0143. The van der Waals surface area contributed by atoms with Crippen LogP contribution in [0.5, 0.6) is 0 Å². The Morgan fingerprint density at radius 1 is 1.23 bits per heavy atom. The first kappa shape index (κ1) is 17.3. The lowest BCUT2D eigenvalue weighted by Gasteiger charge is -2.09. The van der Waals surface area contributed by atoms with Crippen LogP contribution in [0.2, 0.25) is 0 Å². The van der Waals surface area contributed by atoms with Gasteiger partial charge in [0.2, 0.25) is 5.82 Å². The number of aromatic nitrogens is 4. The summed E-state index contributed by atoms with van der Waals surface area (Å²) in [6, 6.07) is 2.58. The van der Waals surface area contributed by atoms with Crippen LogP contribution in [-0.2, 0) is 12.6 Å². The maximum absolute atomic E-state index is 12.9. The van der Waals surface area contributed by atoms with Crippen molar-refractivity contribution in [1.82, 2.24) is 20.1 Å². The molecule has 0 saturated carbocycles. The summed E-state index contributed by atoms with van der Waals surface area (Å²) in [5.74, 6) is -0.832. The summed E-state index contributed by atoms with van der Waals surface area (Å²) in [6.07, 6.45) is -2.27. The van der Waals surface area contributed by atoms with Crippen molar-refractivity contribution in [2.24, 2.45) is 0 Å². The van der Waals surface area contributed by atoms with Crippen molar-refractivity contribution < 1.29 is 22.6 Å². The van der Waals surface area contributed by atoms with Gasteiger partial charge in [-0.25, -0.2) is 9.78 Å². The summed E-state index contributed by atoms with van der Waals surface area (Å²) in [5.41, 5.74) is -1.81. The number of nitro benzene ring substituents is 1. The van der Waals surface area contributed by atoms with Crippen molar-refractivity contribution in [3.8, 4) is 11.5 Å². The molecule has 134 valence electrons. The second kappa shape index (κ2) is 6.38. The lowest BCUT2D eigenvalue weighted by Crippen LogP contribution is -2.09. The third kappa shape index (κ3) is 3.43. The van der Waals surface area contributed by atoms with Crippen LogP contribution in [0.3, 0.4) is 0 Å². The number of hydrogen-bond donors (Lipinski definition) is 1. The van der Waals surface area contributed by atoms with E-state index in [0.29, 0.717) is 6.07 Å². The SMILES string of the molecule is O=c1[nH]c(-c2nccnc2Cc2ccc(C(F)(F)F)c([N+](=O)[O-])c2)no1. The van der Waals surface area contributed by atoms with Crippen LogP contribution in [-0.4, -0.2) is 25.0 Å². The minimum Gasteiger partial charge on any atom is -0.296 e. The molecule has 0 aliphatic rings. The second-order valence-corrected chi connectivity index (χ2v) is 5.08. The number of halogens is 3. The Bertz CT molecular complexity index is 1030. The van der Waals surface area contributed by atoms with Crippen LogP contribution in [0, 0.1) is 10.1 Å². The molecule has 0 atom stereocenters. The van der Waals surface area contributed by atoms with E-state index >= 15 is 0 Å². The van der Waals surface area contributed by atoms with Crippen LogP contribution in [0.4, 0.5) is 18.9 Å². The van der Waals surface area contributed by atoms with Crippen LogP contribution in [0.25, 0.3) is 11.5 Å². The molecule has 0 aliphatic heterocycles. The molecule has 0 radical (unpaired) electrons. The lowest BCUT2D eigenvalue weighted by atomic mass is 10.0. The van der Waals surface area contributed by atoms with Gasteiger partial charge in [-0.1, -0.05) is 11.2 Å². The van der Waals surface area contributed by atoms with Gasteiger partial charge < -0.3 is 0 Å². The molecule has 0 amide bonds. The second-order valence-electron chi connectivity index (χ2n) is 5.08. The van der Waals surface area contributed by atoms with Crippen molar-refractivity contribution in [2.75, 3.05) is 0 Å². The van der Waals surface area contributed by atoms with Gasteiger partial charge in [0.1, 0.15) is 11.3 Å².